The number of piperidine rings is 1. The Morgan fingerprint density at radius 3 is 2.27 bits per heavy atom. The molecule has 1 aromatic rings. The third-order valence-corrected chi connectivity index (χ3v) is 6.65. The monoisotopic (exact) mass is 420 g/mol. The maximum absolute atomic E-state index is 14.8. The van der Waals surface area contributed by atoms with E-state index < -0.39 is 42.4 Å². The Hall–Kier alpha value is -2.22. The molecule has 6 nitrogen and oxygen atoms in total. The first kappa shape index (κ1) is 21.0. The summed E-state index contributed by atoms with van der Waals surface area (Å²) in [5.74, 6) is -3.80. The molecule has 30 heavy (non-hydrogen) atoms. The number of rotatable bonds is 7. The zero-order valence-electron chi connectivity index (χ0n) is 17.1. The molecule has 1 aromatic carbocycles. The van der Waals surface area contributed by atoms with Crippen LogP contribution >= 0.6 is 0 Å². The van der Waals surface area contributed by atoms with Gasteiger partial charge < -0.3 is 21.3 Å². The van der Waals surface area contributed by atoms with E-state index in [1.54, 1.807) is 35.2 Å². The summed E-state index contributed by atoms with van der Waals surface area (Å²) in [6.45, 7) is 1.20. The summed E-state index contributed by atoms with van der Waals surface area (Å²) >= 11 is 0. The predicted molar refractivity (Wildman–Crippen MR) is 109 cm³/mol. The van der Waals surface area contributed by atoms with Crippen molar-refractivity contribution in [2.24, 2.45) is 11.1 Å². The Morgan fingerprint density at radius 2 is 1.70 bits per heavy atom. The highest BCUT2D eigenvalue weighted by Gasteiger charge is 2.46. The van der Waals surface area contributed by atoms with E-state index >= 15 is 0 Å². The second kappa shape index (κ2) is 7.80. The van der Waals surface area contributed by atoms with Crippen LogP contribution in [-0.4, -0.2) is 47.6 Å². The third kappa shape index (κ3) is 5.28. The van der Waals surface area contributed by atoms with Gasteiger partial charge in [-0.1, -0.05) is 30.3 Å². The molecule has 0 bridgehead atoms. The van der Waals surface area contributed by atoms with Crippen LogP contribution in [0.2, 0.25) is 0 Å². The molecule has 0 radical (unpaired) electrons. The number of alkyl halides is 2. The van der Waals surface area contributed by atoms with Gasteiger partial charge in [-0.25, -0.2) is 13.6 Å². The van der Waals surface area contributed by atoms with E-state index in [1.165, 1.54) is 12.8 Å². The summed E-state index contributed by atoms with van der Waals surface area (Å²) in [6, 6.07) is 6.62. The summed E-state index contributed by atoms with van der Waals surface area (Å²) in [5.41, 5.74) is 5.99. The van der Waals surface area contributed by atoms with E-state index in [-0.39, 0.29) is 0 Å². The number of likely N-dealkylation sites (tertiary alicyclic amines) is 1. The van der Waals surface area contributed by atoms with Crippen LogP contribution in [0, 0.1) is 5.41 Å². The fourth-order valence-corrected chi connectivity index (χ4v) is 4.17. The molecule has 0 unspecified atom stereocenters. The molecule has 1 saturated heterocycles. The van der Waals surface area contributed by atoms with Crippen molar-refractivity contribution in [1.82, 2.24) is 15.5 Å². The minimum atomic E-state index is -3.15. The lowest BCUT2D eigenvalue weighted by Crippen LogP contribution is -2.57. The maximum atomic E-state index is 14.8. The van der Waals surface area contributed by atoms with Crippen molar-refractivity contribution in [2.45, 2.75) is 69.0 Å². The van der Waals surface area contributed by atoms with E-state index in [1.807, 2.05) is 0 Å². The van der Waals surface area contributed by atoms with Gasteiger partial charge in [0.05, 0.1) is 5.66 Å². The van der Waals surface area contributed by atoms with Crippen molar-refractivity contribution in [3.8, 4) is 0 Å². The Morgan fingerprint density at radius 1 is 1.07 bits per heavy atom. The molecule has 2 aliphatic carbocycles. The highest BCUT2D eigenvalue weighted by molar-refractivity contribution is 5.87. The minimum absolute atomic E-state index is 0.397. The number of hydrogen-bond acceptors (Lipinski definition) is 3. The quantitative estimate of drug-likeness (QED) is 0.593. The molecule has 4 rings (SSSR count). The van der Waals surface area contributed by atoms with Crippen LogP contribution < -0.4 is 16.4 Å². The highest BCUT2D eigenvalue weighted by atomic mass is 19.3. The molecular weight excluding hydrogens is 390 g/mol. The van der Waals surface area contributed by atoms with Gasteiger partial charge in [0.25, 0.3) is 5.92 Å². The Bertz CT molecular complexity index is 784. The largest absolute Gasteiger partial charge is 0.336 e. The van der Waals surface area contributed by atoms with E-state index in [0.29, 0.717) is 36.9 Å². The van der Waals surface area contributed by atoms with Crippen LogP contribution in [0.1, 0.15) is 50.5 Å². The lowest BCUT2D eigenvalue weighted by Gasteiger charge is -2.34. The smallest absolute Gasteiger partial charge is 0.318 e. The second-order valence-corrected chi connectivity index (χ2v) is 9.36. The van der Waals surface area contributed by atoms with Crippen molar-refractivity contribution in [1.29, 1.82) is 0 Å². The molecule has 8 heteroatoms. The number of nitrogens with two attached hydrogens (primary N) is 1. The van der Waals surface area contributed by atoms with E-state index in [9.17, 15) is 18.4 Å². The van der Waals surface area contributed by atoms with Crippen molar-refractivity contribution in [3.63, 3.8) is 0 Å². The first-order valence-corrected chi connectivity index (χ1v) is 10.8. The van der Waals surface area contributed by atoms with Crippen LogP contribution in [0.15, 0.2) is 30.3 Å². The van der Waals surface area contributed by atoms with Gasteiger partial charge >= 0.3 is 6.03 Å². The van der Waals surface area contributed by atoms with Gasteiger partial charge in [-0.15, -0.1) is 0 Å². The standard InChI is InChI=1S/C22H30F2N4O2/c23-21(24,14-16-4-2-1-3-5-16)15-17(18(29)27-22(25)8-9-22)26-19(30)28-12-10-20(6-7-20)11-13-28/h1-5,17H,6-15,25H2,(H,26,30)(H,27,29)/t17-/m0/s1. The Labute approximate surface area is 175 Å². The first-order chi connectivity index (χ1) is 14.2. The van der Waals surface area contributed by atoms with Gasteiger partial charge in [-0.05, 0) is 49.5 Å². The second-order valence-electron chi connectivity index (χ2n) is 9.36. The molecule has 3 amide bonds. The number of halogens is 2. The van der Waals surface area contributed by atoms with Crippen LogP contribution in [0.4, 0.5) is 13.6 Å². The number of hydrogen-bond donors (Lipinski definition) is 3. The summed E-state index contributed by atoms with van der Waals surface area (Å²) < 4.78 is 29.6. The molecule has 164 valence electrons. The zero-order valence-corrected chi connectivity index (χ0v) is 17.1. The molecular formula is C22H30F2N4O2. The number of amides is 3. The van der Waals surface area contributed by atoms with Crippen molar-refractivity contribution < 1.29 is 18.4 Å². The molecule has 3 fully saturated rings. The number of nitrogens with one attached hydrogen (secondary N) is 2. The number of urea groups is 1. The average molecular weight is 421 g/mol. The minimum Gasteiger partial charge on any atom is -0.336 e. The maximum Gasteiger partial charge on any atom is 0.318 e. The van der Waals surface area contributed by atoms with E-state index in [4.69, 9.17) is 5.73 Å². The summed E-state index contributed by atoms with van der Waals surface area (Å²) in [7, 11) is 0. The van der Waals surface area contributed by atoms with E-state index in [2.05, 4.69) is 10.6 Å². The summed E-state index contributed by atoms with van der Waals surface area (Å²) in [5, 5.41) is 5.19. The Kier molecular flexibility index (Phi) is 5.46. The van der Waals surface area contributed by atoms with Crippen molar-refractivity contribution in [2.75, 3.05) is 13.1 Å². The van der Waals surface area contributed by atoms with Gasteiger partial charge in [-0.2, -0.15) is 0 Å². The number of carbonyl (C=O) groups excluding carboxylic acids is 2. The molecule has 0 aromatic heterocycles. The molecule has 1 aliphatic heterocycles. The summed E-state index contributed by atoms with van der Waals surface area (Å²) in [6.07, 6.45) is 4.24. The van der Waals surface area contributed by atoms with Crippen LogP contribution in [0.25, 0.3) is 0 Å². The molecule has 1 heterocycles. The fraction of sp³-hybridized carbons (Fsp3) is 0.636. The summed E-state index contributed by atoms with van der Waals surface area (Å²) in [4.78, 5) is 27.1. The molecule has 3 aliphatic rings. The molecule has 4 N–H and O–H groups in total. The molecule has 1 spiro atoms. The number of nitrogens with zero attached hydrogens (tertiary/aromatic N) is 1. The van der Waals surface area contributed by atoms with Gasteiger partial charge in [0.15, 0.2) is 0 Å². The van der Waals surface area contributed by atoms with Crippen LogP contribution in [0.5, 0.6) is 0 Å². The topological polar surface area (TPSA) is 87.5 Å². The first-order valence-electron chi connectivity index (χ1n) is 10.8. The van der Waals surface area contributed by atoms with Crippen LogP contribution in [-0.2, 0) is 11.2 Å². The lowest BCUT2D eigenvalue weighted by molar-refractivity contribution is -0.126. The highest BCUT2D eigenvalue weighted by Crippen LogP contribution is 2.53. The zero-order chi connectivity index (χ0) is 21.4. The normalized spacial score (nSPS) is 22.3. The number of benzene rings is 1. The van der Waals surface area contributed by atoms with Crippen molar-refractivity contribution >= 4 is 11.9 Å². The average Bonchev–Trinajstić information content (AvgIpc) is 3.61. The molecule has 1 atom stereocenters. The lowest BCUT2D eigenvalue weighted by atomic mass is 9.94. The van der Waals surface area contributed by atoms with E-state index in [0.717, 1.165) is 12.8 Å². The van der Waals surface area contributed by atoms with Crippen molar-refractivity contribution in [3.05, 3.63) is 35.9 Å². The predicted octanol–water partition coefficient (Wildman–Crippen LogP) is 2.77. The SMILES string of the molecule is NC1(NC(=O)[C@H](CC(F)(F)Cc2ccccc2)NC(=O)N2CCC3(CC2)CC3)CC1. The van der Waals surface area contributed by atoms with Gasteiger partial charge in [-0.3, -0.25) is 4.79 Å². The van der Waals surface area contributed by atoms with Gasteiger partial charge in [0.1, 0.15) is 6.04 Å². The van der Waals surface area contributed by atoms with Crippen LogP contribution in [0.3, 0.4) is 0 Å². The third-order valence-electron chi connectivity index (χ3n) is 6.65. The van der Waals surface area contributed by atoms with Gasteiger partial charge in [0.2, 0.25) is 5.91 Å². The molecule has 2 saturated carbocycles. The fourth-order valence-electron chi connectivity index (χ4n) is 4.17. The van der Waals surface area contributed by atoms with Gasteiger partial charge in [0, 0.05) is 25.9 Å². The Balaban J connectivity index is 1.40. The number of carbonyl (C=O) groups is 2.